The minimum Gasteiger partial charge on any atom is -0.335 e. The molecule has 0 spiro atoms. The molecule has 1 aromatic rings. The highest BCUT2D eigenvalue weighted by atomic mass is 79.9. The van der Waals surface area contributed by atoms with Crippen LogP contribution in [-0.4, -0.2) is 36.5 Å². The van der Waals surface area contributed by atoms with Crippen molar-refractivity contribution in [1.29, 1.82) is 0 Å². The first kappa shape index (κ1) is 14.0. The lowest BCUT2D eigenvalue weighted by Gasteiger charge is -2.27. The number of fused-ring (bicyclic) bond motifs is 1. The van der Waals surface area contributed by atoms with Gasteiger partial charge in [-0.15, -0.1) is 0 Å². The van der Waals surface area contributed by atoms with Crippen LogP contribution in [-0.2, 0) is 0 Å². The van der Waals surface area contributed by atoms with Crippen LogP contribution in [0.1, 0.15) is 23.7 Å². The van der Waals surface area contributed by atoms with Crippen LogP contribution >= 0.6 is 15.9 Å². The molecule has 0 saturated carbocycles. The Hall–Kier alpha value is -0.940. The molecule has 0 aliphatic carbocycles. The van der Waals surface area contributed by atoms with Gasteiger partial charge in [-0.3, -0.25) is 4.79 Å². The molecule has 0 bridgehead atoms. The largest absolute Gasteiger partial charge is 0.335 e. The molecule has 2 heterocycles. The molecule has 0 radical (unpaired) electrons. The van der Waals surface area contributed by atoms with Crippen molar-refractivity contribution in [2.24, 2.45) is 11.8 Å². The lowest BCUT2D eigenvalue weighted by Crippen LogP contribution is -2.40. The zero-order chi connectivity index (χ0) is 14.3. The van der Waals surface area contributed by atoms with Crippen LogP contribution < -0.4 is 5.32 Å². The molecule has 0 aromatic heterocycles. The first-order chi connectivity index (χ1) is 9.63. The Balaban J connectivity index is 1.91. The Morgan fingerprint density at radius 2 is 2.30 bits per heavy atom. The molecular formula is C15H18BrFN2O. The van der Waals surface area contributed by atoms with Crippen molar-refractivity contribution in [2.45, 2.75) is 19.4 Å². The van der Waals surface area contributed by atoms with Gasteiger partial charge >= 0.3 is 0 Å². The molecule has 2 saturated heterocycles. The van der Waals surface area contributed by atoms with Crippen molar-refractivity contribution in [3.8, 4) is 0 Å². The molecule has 2 aliphatic rings. The van der Waals surface area contributed by atoms with Gasteiger partial charge in [0.25, 0.3) is 5.91 Å². The smallest absolute Gasteiger partial charge is 0.258 e. The number of halogens is 2. The summed E-state index contributed by atoms with van der Waals surface area (Å²) >= 11 is 3.30. The minimum absolute atomic E-state index is 0.166. The van der Waals surface area contributed by atoms with E-state index in [0.29, 0.717) is 16.3 Å². The van der Waals surface area contributed by atoms with Gasteiger partial charge in [0.1, 0.15) is 5.82 Å². The maximum absolute atomic E-state index is 14.0. The van der Waals surface area contributed by atoms with E-state index in [0.717, 1.165) is 26.1 Å². The molecular weight excluding hydrogens is 323 g/mol. The topological polar surface area (TPSA) is 32.3 Å². The van der Waals surface area contributed by atoms with Crippen molar-refractivity contribution in [3.63, 3.8) is 0 Å². The average Bonchev–Trinajstić information content (AvgIpc) is 2.97. The summed E-state index contributed by atoms with van der Waals surface area (Å²) in [5.74, 6) is 0.384. The Labute approximate surface area is 126 Å². The standard InChI is InChI=1S/C15H18BrFN2O/c1-2-13-10-7-18-6-9(10)8-19(13)15(20)14-11(16)4-3-5-12(14)17/h3-5,9-10,13,18H,2,6-8H2,1H3. The molecule has 1 aromatic carbocycles. The summed E-state index contributed by atoms with van der Waals surface area (Å²) in [4.78, 5) is 14.6. The van der Waals surface area contributed by atoms with Crippen molar-refractivity contribution in [2.75, 3.05) is 19.6 Å². The number of hydrogen-bond donors (Lipinski definition) is 1. The number of benzene rings is 1. The van der Waals surface area contributed by atoms with Gasteiger partial charge in [0.2, 0.25) is 0 Å². The van der Waals surface area contributed by atoms with E-state index in [-0.39, 0.29) is 17.5 Å². The number of amides is 1. The first-order valence-corrected chi connectivity index (χ1v) is 7.88. The van der Waals surface area contributed by atoms with Gasteiger partial charge in [0.15, 0.2) is 0 Å². The molecule has 5 heteroatoms. The van der Waals surface area contributed by atoms with Crippen LogP contribution in [0, 0.1) is 17.7 Å². The third-order valence-electron chi connectivity index (χ3n) is 4.57. The number of rotatable bonds is 2. The molecule has 2 aliphatic heterocycles. The highest BCUT2D eigenvalue weighted by Crippen LogP contribution is 2.36. The van der Waals surface area contributed by atoms with Gasteiger partial charge in [0.05, 0.1) is 5.56 Å². The van der Waals surface area contributed by atoms with Gasteiger partial charge in [-0.05, 0) is 46.3 Å². The van der Waals surface area contributed by atoms with E-state index in [4.69, 9.17) is 0 Å². The number of likely N-dealkylation sites (tertiary alicyclic amines) is 1. The van der Waals surface area contributed by atoms with E-state index in [1.165, 1.54) is 6.07 Å². The van der Waals surface area contributed by atoms with Gasteiger partial charge in [-0.2, -0.15) is 0 Å². The second kappa shape index (κ2) is 5.45. The van der Waals surface area contributed by atoms with Crippen LogP contribution in [0.5, 0.6) is 0 Å². The van der Waals surface area contributed by atoms with E-state index in [1.807, 2.05) is 4.90 Å². The zero-order valence-electron chi connectivity index (χ0n) is 11.4. The number of carbonyl (C=O) groups is 1. The monoisotopic (exact) mass is 340 g/mol. The second-order valence-corrected chi connectivity index (χ2v) is 6.47. The van der Waals surface area contributed by atoms with Crippen LogP contribution in [0.3, 0.4) is 0 Å². The van der Waals surface area contributed by atoms with Gasteiger partial charge in [-0.1, -0.05) is 13.0 Å². The maximum atomic E-state index is 14.0. The van der Waals surface area contributed by atoms with E-state index in [1.54, 1.807) is 12.1 Å². The molecule has 3 unspecified atom stereocenters. The molecule has 1 N–H and O–H groups in total. The van der Waals surface area contributed by atoms with E-state index < -0.39 is 5.82 Å². The van der Waals surface area contributed by atoms with E-state index in [2.05, 4.69) is 28.2 Å². The van der Waals surface area contributed by atoms with Gasteiger partial charge < -0.3 is 10.2 Å². The highest BCUT2D eigenvalue weighted by molar-refractivity contribution is 9.10. The molecule has 20 heavy (non-hydrogen) atoms. The minimum atomic E-state index is -0.450. The Bertz CT molecular complexity index is 516. The normalized spacial score (nSPS) is 28.8. The lowest BCUT2D eigenvalue weighted by molar-refractivity contribution is 0.0706. The quantitative estimate of drug-likeness (QED) is 0.897. The lowest BCUT2D eigenvalue weighted by atomic mass is 9.93. The predicted molar refractivity (Wildman–Crippen MR) is 79.1 cm³/mol. The van der Waals surface area contributed by atoms with E-state index >= 15 is 0 Å². The fourth-order valence-corrected chi connectivity index (χ4v) is 4.14. The van der Waals surface area contributed by atoms with Crippen LogP contribution in [0.4, 0.5) is 4.39 Å². The van der Waals surface area contributed by atoms with E-state index in [9.17, 15) is 9.18 Å². The third-order valence-corrected chi connectivity index (χ3v) is 5.23. The number of nitrogens with zero attached hydrogens (tertiary/aromatic N) is 1. The fourth-order valence-electron chi connectivity index (χ4n) is 3.63. The van der Waals surface area contributed by atoms with Gasteiger partial charge in [-0.25, -0.2) is 4.39 Å². The number of nitrogens with one attached hydrogen (secondary N) is 1. The third kappa shape index (κ3) is 2.17. The fraction of sp³-hybridized carbons (Fsp3) is 0.533. The summed E-state index contributed by atoms with van der Waals surface area (Å²) < 4.78 is 14.5. The molecule has 3 nitrogen and oxygen atoms in total. The van der Waals surface area contributed by atoms with Gasteiger partial charge in [0, 0.05) is 30.1 Å². The Morgan fingerprint density at radius 3 is 3.00 bits per heavy atom. The van der Waals surface area contributed by atoms with Crippen LogP contribution in [0.2, 0.25) is 0 Å². The predicted octanol–water partition coefficient (Wildman–Crippen LogP) is 2.66. The summed E-state index contributed by atoms with van der Waals surface area (Å²) in [7, 11) is 0. The summed E-state index contributed by atoms with van der Waals surface area (Å²) in [6.45, 7) is 4.76. The molecule has 1 amide bonds. The molecule has 2 fully saturated rings. The second-order valence-electron chi connectivity index (χ2n) is 5.61. The Morgan fingerprint density at radius 1 is 1.50 bits per heavy atom. The summed E-state index contributed by atoms with van der Waals surface area (Å²) in [5.41, 5.74) is 0.166. The van der Waals surface area contributed by atoms with Crippen molar-refractivity contribution < 1.29 is 9.18 Å². The van der Waals surface area contributed by atoms with Crippen molar-refractivity contribution in [3.05, 3.63) is 34.1 Å². The van der Waals surface area contributed by atoms with Crippen LogP contribution in [0.15, 0.2) is 22.7 Å². The SMILES string of the molecule is CCC1C2CNCC2CN1C(=O)c1c(F)cccc1Br. The number of carbonyl (C=O) groups excluding carboxylic acids is 1. The highest BCUT2D eigenvalue weighted by Gasteiger charge is 2.45. The zero-order valence-corrected chi connectivity index (χ0v) is 13.0. The van der Waals surface area contributed by atoms with Crippen LogP contribution in [0.25, 0.3) is 0 Å². The molecule has 108 valence electrons. The molecule has 3 rings (SSSR count). The number of hydrogen-bond acceptors (Lipinski definition) is 2. The summed E-state index contributed by atoms with van der Waals surface area (Å²) in [5, 5.41) is 3.39. The maximum Gasteiger partial charge on any atom is 0.258 e. The summed E-state index contributed by atoms with van der Waals surface area (Å²) in [6, 6.07) is 4.89. The average molecular weight is 341 g/mol. The summed E-state index contributed by atoms with van der Waals surface area (Å²) in [6.07, 6.45) is 0.917. The molecule has 3 atom stereocenters. The van der Waals surface area contributed by atoms with Crippen molar-refractivity contribution >= 4 is 21.8 Å². The Kier molecular flexibility index (Phi) is 3.82. The van der Waals surface area contributed by atoms with Crippen molar-refractivity contribution in [1.82, 2.24) is 10.2 Å². The first-order valence-electron chi connectivity index (χ1n) is 7.09.